The van der Waals surface area contributed by atoms with E-state index in [4.69, 9.17) is 9.47 Å². The fourth-order valence-electron chi connectivity index (χ4n) is 3.53. The van der Waals surface area contributed by atoms with Crippen molar-refractivity contribution < 1.29 is 9.47 Å². The molecule has 0 amide bonds. The molecule has 0 saturated carbocycles. The summed E-state index contributed by atoms with van der Waals surface area (Å²) in [5.74, 6) is 0. The van der Waals surface area contributed by atoms with Crippen molar-refractivity contribution >= 4 is 23.2 Å². The predicted molar refractivity (Wildman–Crippen MR) is 117 cm³/mol. The fourth-order valence-corrected chi connectivity index (χ4v) is 7.85. The molecule has 0 bridgehead atoms. The zero-order valence-electron chi connectivity index (χ0n) is 16.0. The van der Waals surface area contributed by atoms with Crippen molar-refractivity contribution in [1.29, 1.82) is 0 Å². The maximum absolute atomic E-state index is 5.77. The van der Waals surface area contributed by atoms with E-state index in [1.165, 1.54) is 15.9 Å². The summed E-state index contributed by atoms with van der Waals surface area (Å²) in [4.78, 5) is 0. The van der Waals surface area contributed by atoms with Crippen LogP contribution in [-0.4, -0.2) is 33.1 Å². The molecular formula is C24H28O2P+. The first-order chi connectivity index (χ1) is 13.4. The molecule has 0 radical (unpaired) electrons. The number of ether oxygens (including phenoxy) is 2. The third-order valence-corrected chi connectivity index (χ3v) is 9.33. The van der Waals surface area contributed by atoms with Gasteiger partial charge in [0.1, 0.15) is 23.2 Å². The van der Waals surface area contributed by atoms with Gasteiger partial charge in [0.2, 0.25) is 0 Å². The summed E-state index contributed by atoms with van der Waals surface area (Å²) in [6, 6.07) is 33.0. The number of benzene rings is 3. The van der Waals surface area contributed by atoms with Crippen LogP contribution in [0.15, 0.2) is 91.0 Å². The molecule has 3 aromatic rings. The normalized spacial score (nSPS) is 11.4. The van der Waals surface area contributed by atoms with Crippen LogP contribution in [0, 0.1) is 0 Å². The second-order valence-electron chi connectivity index (χ2n) is 6.50. The van der Waals surface area contributed by atoms with E-state index in [0.717, 1.165) is 19.2 Å². The van der Waals surface area contributed by atoms with Crippen LogP contribution in [0.25, 0.3) is 0 Å². The molecule has 0 atom stereocenters. The average Bonchev–Trinajstić information content (AvgIpc) is 2.75. The quantitative estimate of drug-likeness (QED) is 0.391. The molecule has 0 saturated heterocycles. The van der Waals surface area contributed by atoms with Crippen LogP contribution in [0.1, 0.15) is 6.42 Å². The fraction of sp³-hybridized carbons (Fsp3) is 0.250. The maximum atomic E-state index is 5.77. The molecule has 2 nitrogen and oxygen atoms in total. The first-order valence-corrected chi connectivity index (χ1v) is 11.5. The van der Waals surface area contributed by atoms with E-state index in [0.29, 0.717) is 13.2 Å². The van der Waals surface area contributed by atoms with Gasteiger partial charge < -0.3 is 9.47 Å². The predicted octanol–water partition coefficient (Wildman–Crippen LogP) is 4.03. The second-order valence-corrected chi connectivity index (χ2v) is 10.1. The standard InChI is InChI=1S/C24H28O2P/c1-25-19-20-26-18-11-21-27(22-12-5-2-6-13-22,23-14-7-3-8-15-23)24-16-9-4-10-17-24/h2-10,12-17H,11,18-21H2,1H3/q+1. The van der Waals surface area contributed by atoms with Crippen molar-refractivity contribution in [2.24, 2.45) is 0 Å². The summed E-state index contributed by atoms with van der Waals surface area (Å²) in [6.45, 7) is 2.07. The lowest BCUT2D eigenvalue weighted by molar-refractivity contribution is 0.0713. The molecule has 0 aliphatic heterocycles. The number of rotatable bonds is 10. The van der Waals surface area contributed by atoms with Gasteiger partial charge in [0.05, 0.1) is 26.0 Å². The Labute approximate surface area is 163 Å². The molecule has 0 heterocycles. The van der Waals surface area contributed by atoms with E-state index in [9.17, 15) is 0 Å². The van der Waals surface area contributed by atoms with Crippen LogP contribution in [-0.2, 0) is 9.47 Å². The maximum Gasteiger partial charge on any atom is 0.112 e. The summed E-state index contributed by atoms with van der Waals surface area (Å²) in [6.07, 6.45) is 2.12. The van der Waals surface area contributed by atoms with Gasteiger partial charge in [0.15, 0.2) is 0 Å². The first kappa shape index (κ1) is 19.8. The highest BCUT2D eigenvalue weighted by atomic mass is 31.2. The largest absolute Gasteiger partial charge is 0.382 e. The van der Waals surface area contributed by atoms with Gasteiger partial charge in [-0.3, -0.25) is 0 Å². The minimum atomic E-state index is -1.72. The van der Waals surface area contributed by atoms with Gasteiger partial charge in [-0.2, -0.15) is 0 Å². The van der Waals surface area contributed by atoms with Gasteiger partial charge in [0.25, 0.3) is 0 Å². The van der Waals surface area contributed by atoms with Gasteiger partial charge in [-0.05, 0) is 36.4 Å². The molecule has 0 N–H and O–H groups in total. The molecule has 3 rings (SSSR count). The lowest BCUT2D eigenvalue weighted by Gasteiger charge is -2.27. The molecule has 0 fully saturated rings. The van der Waals surface area contributed by atoms with Crippen LogP contribution >= 0.6 is 7.26 Å². The molecule has 0 spiro atoms. The summed E-state index contributed by atoms with van der Waals surface area (Å²) in [7, 11) is -0.0116. The van der Waals surface area contributed by atoms with Crippen molar-refractivity contribution in [3.05, 3.63) is 91.0 Å². The van der Waals surface area contributed by atoms with Crippen molar-refractivity contribution in [1.82, 2.24) is 0 Å². The van der Waals surface area contributed by atoms with E-state index in [1.54, 1.807) is 7.11 Å². The minimum absolute atomic E-state index is 0.649. The number of methoxy groups -OCH3 is 1. The molecule has 3 heteroatoms. The second kappa shape index (κ2) is 10.4. The third kappa shape index (κ3) is 4.84. The van der Waals surface area contributed by atoms with Crippen LogP contribution < -0.4 is 15.9 Å². The smallest absolute Gasteiger partial charge is 0.112 e. The summed E-state index contributed by atoms with van der Waals surface area (Å²) in [5, 5.41) is 4.29. The van der Waals surface area contributed by atoms with Crippen LogP contribution in [0.3, 0.4) is 0 Å². The monoisotopic (exact) mass is 379 g/mol. The van der Waals surface area contributed by atoms with E-state index in [2.05, 4.69) is 91.0 Å². The Hall–Kier alpha value is -1.99. The molecular weight excluding hydrogens is 351 g/mol. The van der Waals surface area contributed by atoms with Gasteiger partial charge in [-0.25, -0.2) is 0 Å². The highest BCUT2D eigenvalue weighted by Gasteiger charge is 2.44. The number of hydrogen-bond donors (Lipinski definition) is 0. The van der Waals surface area contributed by atoms with E-state index >= 15 is 0 Å². The highest BCUT2D eigenvalue weighted by Crippen LogP contribution is 2.55. The van der Waals surface area contributed by atoms with Gasteiger partial charge >= 0.3 is 0 Å². The van der Waals surface area contributed by atoms with Gasteiger partial charge in [-0.1, -0.05) is 54.6 Å². The average molecular weight is 379 g/mol. The zero-order valence-corrected chi connectivity index (χ0v) is 16.9. The first-order valence-electron chi connectivity index (χ1n) is 9.49. The van der Waals surface area contributed by atoms with Crippen LogP contribution in [0.2, 0.25) is 0 Å². The Morgan fingerprint density at radius 2 is 1.04 bits per heavy atom. The Morgan fingerprint density at radius 1 is 0.593 bits per heavy atom. The lowest BCUT2D eigenvalue weighted by Crippen LogP contribution is -2.33. The Morgan fingerprint density at radius 3 is 1.44 bits per heavy atom. The summed E-state index contributed by atoms with van der Waals surface area (Å²) >= 11 is 0. The van der Waals surface area contributed by atoms with Crippen LogP contribution in [0.4, 0.5) is 0 Å². The molecule has 140 valence electrons. The molecule has 3 aromatic carbocycles. The van der Waals surface area contributed by atoms with E-state index in [1.807, 2.05) is 0 Å². The Balaban J connectivity index is 1.98. The van der Waals surface area contributed by atoms with Gasteiger partial charge in [-0.15, -0.1) is 0 Å². The van der Waals surface area contributed by atoms with E-state index in [-0.39, 0.29) is 0 Å². The Bertz CT molecular complexity index is 679. The van der Waals surface area contributed by atoms with E-state index < -0.39 is 7.26 Å². The SMILES string of the molecule is COCCOCCC[P+](c1ccccc1)(c1ccccc1)c1ccccc1. The van der Waals surface area contributed by atoms with Crippen molar-refractivity contribution in [3.8, 4) is 0 Å². The molecule has 0 aromatic heterocycles. The van der Waals surface area contributed by atoms with Gasteiger partial charge in [0, 0.05) is 13.5 Å². The van der Waals surface area contributed by atoms with Crippen molar-refractivity contribution in [3.63, 3.8) is 0 Å². The summed E-state index contributed by atoms with van der Waals surface area (Å²) < 4.78 is 10.8. The summed E-state index contributed by atoms with van der Waals surface area (Å²) in [5.41, 5.74) is 0. The molecule has 0 aliphatic carbocycles. The third-order valence-electron chi connectivity index (χ3n) is 4.80. The number of hydrogen-bond acceptors (Lipinski definition) is 2. The zero-order chi connectivity index (χ0) is 18.8. The molecule has 27 heavy (non-hydrogen) atoms. The topological polar surface area (TPSA) is 18.5 Å². The Kier molecular flexibility index (Phi) is 7.59. The molecule has 0 unspecified atom stereocenters. The minimum Gasteiger partial charge on any atom is -0.382 e. The van der Waals surface area contributed by atoms with Crippen molar-refractivity contribution in [2.45, 2.75) is 6.42 Å². The molecule has 0 aliphatic rings. The highest BCUT2D eigenvalue weighted by molar-refractivity contribution is 7.95. The van der Waals surface area contributed by atoms with Crippen LogP contribution in [0.5, 0.6) is 0 Å². The lowest BCUT2D eigenvalue weighted by atomic mass is 10.4. The van der Waals surface area contributed by atoms with Crippen molar-refractivity contribution in [2.75, 3.05) is 33.1 Å².